The zero-order valence-electron chi connectivity index (χ0n) is 21.4. The van der Waals surface area contributed by atoms with E-state index in [0.717, 1.165) is 42.7 Å². The minimum Gasteiger partial charge on any atom is -0.331 e. The van der Waals surface area contributed by atoms with E-state index < -0.39 is 27.9 Å². The second-order valence-electron chi connectivity index (χ2n) is 9.65. The summed E-state index contributed by atoms with van der Waals surface area (Å²) in [6.07, 6.45) is 4.36. The molecule has 2 aliphatic rings. The lowest BCUT2D eigenvalue weighted by Gasteiger charge is -2.22. The van der Waals surface area contributed by atoms with Crippen LogP contribution in [0.1, 0.15) is 56.8 Å². The van der Waals surface area contributed by atoms with Crippen molar-refractivity contribution < 1.29 is 22.8 Å². The predicted octanol–water partition coefficient (Wildman–Crippen LogP) is 2.96. The number of sulfonamides is 1. The molecule has 3 heterocycles. The van der Waals surface area contributed by atoms with Crippen LogP contribution in [-0.2, 0) is 23.0 Å². The number of anilines is 1. The summed E-state index contributed by atoms with van der Waals surface area (Å²) in [6.45, 7) is 2.40. The first-order valence-electron chi connectivity index (χ1n) is 12.3. The van der Waals surface area contributed by atoms with Crippen molar-refractivity contribution in [1.29, 1.82) is 0 Å². The van der Waals surface area contributed by atoms with E-state index in [4.69, 9.17) is 0 Å². The fourth-order valence-electron chi connectivity index (χ4n) is 4.52. The summed E-state index contributed by atoms with van der Waals surface area (Å²) < 4.78 is 27.6. The van der Waals surface area contributed by atoms with Crippen LogP contribution in [0.3, 0.4) is 0 Å². The van der Waals surface area contributed by atoms with Crippen LogP contribution in [0.15, 0.2) is 29.2 Å². The second kappa shape index (κ2) is 11.3. The highest BCUT2D eigenvalue weighted by Crippen LogP contribution is 2.37. The predicted molar refractivity (Wildman–Crippen MR) is 143 cm³/mol. The quantitative estimate of drug-likeness (QED) is 0.594. The SMILES string of the molecule is CN1CCc2c(sc(NC(=O)c3ccc(S(=O)(=O)N4CCCCCC4)cc3)c2C(=O)NC(=O)N(C)C)C1. The van der Waals surface area contributed by atoms with Crippen LogP contribution in [0.25, 0.3) is 0 Å². The molecular weight excluding hydrogens is 514 g/mol. The Balaban J connectivity index is 1.56. The van der Waals surface area contributed by atoms with Gasteiger partial charge in [-0.25, -0.2) is 13.2 Å². The van der Waals surface area contributed by atoms with Gasteiger partial charge in [-0.3, -0.25) is 14.9 Å². The molecular formula is C25H33N5O5S2. The van der Waals surface area contributed by atoms with Gasteiger partial charge in [0.25, 0.3) is 11.8 Å². The molecule has 0 bridgehead atoms. The van der Waals surface area contributed by atoms with E-state index in [1.807, 2.05) is 7.05 Å². The number of fused-ring (bicyclic) bond motifs is 1. The summed E-state index contributed by atoms with van der Waals surface area (Å²) in [4.78, 5) is 42.8. The molecule has 0 spiro atoms. The monoisotopic (exact) mass is 547 g/mol. The topological polar surface area (TPSA) is 119 Å². The van der Waals surface area contributed by atoms with Gasteiger partial charge >= 0.3 is 6.03 Å². The summed E-state index contributed by atoms with van der Waals surface area (Å²) in [7, 11) is 1.45. The molecule has 12 heteroatoms. The molecule has 4 amide bonds. The molecule has 2 N–H and O–H groups in total. The third-order valence-corrected chi connectivity index (χ3v) is 9.69. The average molecular weight is 548 g/mol. The summed E-state index contributed by atoms with van der Waals surface area (Å²) >= 11 is 1.32. The van der Waals surface area contributed by atoms with Crippen molar-refractivity contribution in [2.75, 3.05) is 46.1 Å². The number of likely N-dealkylation sites (N-methyl/N-ethyl adjacent to an activating group) is 1. The molecule has 0 atom stereocenters. The Labute approximate surface area is 221 Å². The summed E-state index contributed by atoms with van der Waals surface area (Å²) in [6, 6.07) is 5.32. The number of carbonyl (C=O) groups excluding carboxylic acids is 3. The lowest BCUT2D eigenvalue weighted by atomic mass is 10.0. The summed E-state index contributed by atoms with van der Waals surface area (Å²) in [5.41, 5.74) is 1.41. The molecule has 0 saturated carbocycles. The average Bonchev–Trinajstić information content (AvgIpc) is 3.01. The van der Waals surface area contributed by atoms with E-state index in [2.05, 4.69) is 15.5 Å². The van der Waals surface area contributed by atoms with Gasteiger partial charge in [-0.2, -0.15) is 4.31 Å². The Morgan fingerprint density at radius 1 is 0.946 bits per heavy atom. The molecule has 37 heavy (non-hydrogen) atoms. The molecule has 200 valence electrons. The minimum atomic E-state index is -3.62. The van der Waals surface area contributed by atoms with Crippen LogP contribution < -0.4 is 10.6 Å². The van der Waals surface area contributed by atoms with Crippen molar-refractivity contribution in [3.05, 3.63) is 45.8 Å². The van der Waals surface area contributed by atoms with Crippen molar-refractivity contribution in [2.45, 2.75) is 43.5 Å². The molecule has 1 saturated heterocycles. The van der Waals surface area contributed by atoms with Crippen LogP contribution in [0, 0.1) is 0 Å². The van der Waals surface area contributed by atoms with E-state index in [0.29, 0.717) is 36.6 Å². The number of hydrogen-bond acceptors (Lipinski definition) is 7. The lowest BCUT2D eigenvalue weighted by molar-refractivity contribution is 0.0956. The number of hydrogen-bond donors (Lipinski definition) is 2. The van der Waals surface area contributed by atoms with Crippen LogP contribution in [0.5, 0.6) is 0 Å². The van der Waals surface area contributed by atoms with Gasteiger partial charge in [-0.15, -0.1) is 11.3 Å². The Morgan fingerprint density at radius 3 is 2.22 bits per heavy atom. The highest BCUT2D eigenvalue weighted by Gasteiger charge is 2.30. The molecule has 0 unspecified atom stereocenters. The normalized spacial score (nSPS) is 16.9. The van der Waals surface area contributed by atoms with Crippen LogP contribution in [0.2, 0.25) is 0 Å². The first kappa shape index (κ1) is 27.2. The largest absolute Gasteiger partial charge is 0.331 e. The zero-order valence-corrected chi connectivity index (χ0v) is 23.0. The van der Waals surface area contributed by atoms with Crippen molar-refractivity contribution in [2.24, 2.45) is 0 Å². The summed E-state index contributed by atoms with van der Waals surface area (Å²) in [5, 5.41) is 5.57. The van der Waals surface area contributed by atoms with Crippen molar-refractivity contribution in [3.63, 3.8) is 0 Å². The Morgan fingerprint density at radius 2 is 1.59 bits per heavy atom. The van der Waals surface area contributed by atoms with Gasteiger partial charge in [0.1, 0.15) is 5.00 Å². The number of benzene rings is 1. The molecule has 2 aliphatic heterocycles. The highest BCUT2D eigenvalue weighted by atomic mass is 32.2. The number of nitrogens with zero attached hydrogens (tertiary/aromatic N) is 3. The number of carbonyl (C=O) groups is 3. The molecule has 0 radical (unpaired) electrons. The Hall–Kier alpha value is -2.80. The number of imide groups is 1. The molecule has 2 aromatic rings. The van der Waals surface area contributed by atoms with E-state index in [1.165, 1.54) is 44.8 Å². The smallest absolute Gasteiger partial charge is 0.323 e. The van der Waals surface area contributed by atoms with Crippen LogP contribution in [-0.4, -0.2) is 81.1 Å². The second-order valence-corrected chi connectivity index (χ2v) is 12.7. The number of urea groups is 1. The van der Waals surface area contributed by atoms with Crippen molar-refractivity contribution in [3.8, 4) is 0 Å². The molecule has 1 aromatic heterocycles. The minimum absolute atomic E-state index is 0.155. The van der Waals surface area contributed by atoms with Gasteiger partial charge in [0.15, 0.2) is 0 Å². The third-order valence-electron chi connectivity index (χ3n) is 6.65. The maximum absolute atomic E-state index is 13.1. The number of thiophene rings is 1. The van der Waals surface area contributed by atoms with Crippen molar-refractivity contribution >= 4 is 44.2 Å². The van der Waals surface area contributed by atoms with Gasteiger partial charge in [0.2, 0.25) is 10.0 Å². The number of nitrogens with one attached hydrogen (secondary N) is 2. The first-order chi connectivity index (χ1) is 17.6. The highest BCUT2D eigenvalue weighted by molar-refractivity contribution is 7.89. The summed E-state index contributed by atoms with van der Waals surface area (Å²) in [5.74, 6) is -1.02. The van der Waals surface area contributed by atoms with E-state index in [-0.39, 0.29) is 10.5 Å². The zero-order chi connectivity index (χ0) is 26.7. The molecule has 1 fully saturated rings. The number of rotatable bonds is 5. The van der Waals surface area contributed by atoms with E-state index in [9.17, 15) is 22.8 Å². The lowest BCUT2D eigenvalue weighted by Crippen LogP contribution is -2.39. The fraction of sp³-hybridized carbons (Fsp3) is 0.480. The van der Waals surface area contributed by atoms with Crippen LogP contribution in [0.4, 0.5) is 9.80 Å². The standard InChI is InChI=1S/C25H33N5O5S2/c1-28(2)25(33)27-23(32)21-19-12-15-29(3)16-20(19)36-24(21)26-22(31)17-8-10-18(11-9-17)37(34,35)30-13-6-4-5-7-14-30/h8-11H,4-7,12-16H2,1-3H3,(H,26,31)(H,27,32,33). The fourth-order valence-corrected chi connectivity index (χ4v) is 7.35. The van der Waals surface area contributed by atoms with Crippen molar-refractivity contribution in [1.82, 2.24) is 19.4 Å². The van der Waals surface area contributed by atoms with Gasteiger partial charge in [-0.1, -0.05) is 12.8 Å². The van der Waals surface area contributed by atoms with Gasteiger partial charge in [0.05, 0.1) is 10.5 Å². The maximum Gasteiger partial charge on any atom is 0.323 e. The Bertz CT molecular complexity index is 1280. The van der Waals surface area contributed by atoms with E-state index in [1.54, 1.807) is 14.1 Å². The van der Waals surface area contributed by atoms with E-state index >= 15 is 0 Å². The number of amides is 4. The molecule has 1 aromatic carbocycles. The third kappa shape index (κ3) is 6.03. The van der Waals surface area contributed by atoms with Crippen LogP contribution >= 0.6 is 11.3 Å². The maximum atomic E-state index is 13.1. The Kier molecular flexibility index (Phi) is 8.32. The molecule has 4 rings (SSSR count). The molecule has 0 aliphatic carbocycles. The van der Waals surface area contributed by atoms with Gasteiger partial charge < -0.3 is 15.1 Å². The van der Waals surface area contributed by atoms with Gasteiger partial charge in [-0.05, 0) is 56.1 Å². The van der Waals surface area contributed by atoms with Gasteiger partial charge in [0, 0.05) is 50.7 Å². The molecule has 10 nitrogen and oxygen atoms in total. The first-order valence-corrected chi connectivity index (χ1v) is 14.6.